The normalized spacial score (nSPS) is 10.2. The van der Waals surface area contributed by atoms with Crippen LogP contribution in [0.5, 0.6) is 0 Å². The molecular weight excluding hydrogens is 238 g/mol. The summed E-state index contributed by atoms with van der Waals surface area (Å²) in [5, 5.41) is 12.4. The standard InChI is InChI=1S/C11H11N3O2S/c1-6-3-4-12-8(5-6)14-11-13-7(2)9(17-11)10(15)16/h3-5H,1-2H3,(H,15,16)(H,12,13,14). The molecule has 2 heterocycles. The van der Waals surface area contributed by atoms with Crippen LogP contribution in [0.3, 0.4) is 0 Å². The number of nitrogens with one attached hydrogen (secondary N) is 1. The molecule has 2 rings (SSSR count). The van der Waals surface area contributed by atoms with E-state index in [1.165, 1.54) is 0 Å². The SMILES string of the molecule is Cc1ccnc(Nc2nc(C)c(C(=O)O)s2)c1. The molecule has 2 aromatic heterocycles. The monoisotopic (exact) mass is 249 g/mol. The second kappa shape index (κ2) is 4.50. The van der Waals surface area contributed by atoms with Gasteiger partial charge in [-0.25, -0.2) is 14.8 Å². The van der Waals surface area contributed by atoms with Gasteiger partial charge in [0, 0.05) is 6.20 Å². The first-order valence-corrected chi connectivity index (χ1v) is 5.78. The summed E-state index contributed by atoms with van der Waals surface area (Å²) >= 11 is 1.11. The first kappa shape index (κ1) is 11.5. The van der Waals surface area contributed by atoms with E-state index in [0.29, 0.717) is 16.6 Å². The Morgan fingerprint density at radius 1 is 1.47 bits per heavy atom. The van der Waals surface area contributed by atoms with E-state index in [9.17, 15) is 4.79 Å². The Morgan fingerprint density at radius 2 is 2.24 bits per heavy atom. The maximum Gasteiger partial charge on any atom is 0.347 e. The maximum absolute atomic E-state index is 10.9. The van der Waals surface area contributed by atoms with E-state index in [4.69, 9.17) is 5.11 Å². The minimum atomic E-state index is -0.953. The van der Waals surface area contributed by atoms with Gasteiger partial charge in [0.25, 0.3) is 0 Å². The molecule has 6 heteroatoms. The van der Waals surface area contributed by atoms with E-state index in [-0.39, 0.29) is 4.88 Å². The third-order valence-electron chi connectivity index (χ3n) is 2.14. The summed E-state index contributed by atoms with van der Waals surface area (Å²) in [5.41, 5.74) is 1.59. The topological polar surface area (TPSA) is 75.1 Å². The van der Waals surface area contributed by atoms with Gasteiger partial charge < -0.3 is 10.4 Å². The third-order valence-corrected chi connectivity index (χ3v) is 3.20. The van der Waals surface area contributed by atoms with Gasteiger partial charge in [0.05, 0.1) is 5.69 Å². The largest absolute Gasteiger partial charge is 0.477 e. The molecule has 0 fully saturated rings. The molecule has 2 N–H and O–H groups in total. The minimum absolute atomic E-state index is 0.250. The average molecular weight is 249 g/mol. The first-order valence-electron chi connectivity index (χ1n) is 4.96. The summed E-state index contributed by atoms with van der Waals surface area (Å²) in [6, 6.07) is 3.76. The van der Waals surface area contributed by atoms with Crippen molar-refractivity contribution in [1.82, 2.24) is 9.97 Å². The van der Waals surface area contributed by atoms with Crippen LogP contribution in [0, 0.1) is 13.8 Å². The zero-order valence-corrected chi connectivity index (χ0v) is 10.2. The molecule has 0 unspecified atom stereocenters. The quantitative estimate of drug-likeness (QED) is 0.874. The maximum atomic E-state index is 10.9. The van der Waals surface area contributed by atoms with Gasteiger partial charge in [-0.3, -0.25) is 0 Å². The van der Waals surface area contributed by atoms with Crippen molar-refractivity contribution in [1.29, 1.82) is 0 Å². The number of nitrogens with zero attached hydrogens (tertiary/aromatic N) is 2. The van der Waals surface area contributed by atoms with Crippen LogP contribution in [0.15, 0.2) is 18.3 Å². The van der Waals surface area contributed by atoms with Gasteiger partial charge in [-0.1, -0.05) is 11.3 Å². The fourth-order valence-electron chi connectivity index (χ4n) is 1.36. The van der Waals surface area contributed by atoms with E-state index in [2.05, 4.69) is 15.3 Å². The molecule has 0 aliphatic carbocycles. The number of thiazole rings is 1. The molecule has 0 radical (unpaired) electrons. The molecule has 2 aromatic rings. The van der Waals surface area contributed by atoms with Crippen LogP contribution in [0.2, 0.25) is 0 Å². The highest BCUT2D eigenvalue weighted by Gasteiger charge is 2.14. The molecule has 0 atom stereocenters. The van der Waals surface area contributed by atoms with Crippen molar-refractivity contribution in [3.63, 3.8) is 0 Å². The molecule has 0 saturated heterocycles. The lowest BCUT2D eigenvalue weighted by Crippen LogP contribution is -1.94. The van der Waals surface area contributed by atoms with E-state index in [0.717, 1.165) is 16.9 Å². The lowest BCUT2D eigenvalue weighted by molar-refractivity contribution is 0.0701. The third kappa shape index (κ3) is 2.59. The van der Waals surface area contributed by atoms with Crippen LogP contribution in [0.1, 0.15) is 20.9 Å². The van der Waals surface area contributed by atoms with Crippen LogP contribution in [0.4, 0.5) is 10.9 Å². The predicted molar refractivity (Wildman–Crippen MR) is 66.1 cm³/mol. The van der Waals surface area contributed by atoms with Crippen molar-refractivity contribution in [2.75, 3.05) is 5.32 Å². The minimum Gasteiger partial charge on any atom is -0.477 e. The fourth-order valence-corrected chi connectivity index (χ4v) is 2.17. The van der Waals surface area contributed by atoms with Gasteiger partial charge in [-0.2, -0.15) is 0 Å². The summed E-state index contributed by atoms with van der Waals surface area (Å²) in [7, 11) is 0. The van der Waals surface area contributed by atoms with Gasteiger partial charge in [0.2, 0.25) is 0 Å². The van der Waals surface area contributed by atoms with Crippen molar-refractivity contribution in [3.8, 4) is 0 Å². The molecular formula is C11H11N3O2S. The molecule has 0 bridgehead atoms. The van der Waals surface area contributed by atoms with Gasteiger partial charge in [-0.05, 0) is 31.5 Å². The fraction of sp³-hybridized carbons (Fsp3) is 0.182. The molecule has 0 aliphatic heterocycles. The molecule has 0 spiro atoms. The summed E-state index contributed by atoms with van der Waals surface area (Å²) in [6.07, 6.45) is 1.69. The highest BCUT2D eigenvalue weighted by Crippen LogP contribution is 2.25. The number of carbonyl (C=O) groups is 1. The molecule has 0 aromatic carbocycles. The number of anilines is 2. The zero-order chi connectivity index (χ0) is 12.4. The highest BCUT2D eigenvalue weighted by atomic mass is 32.1. The molecule has 0 aliphatic rings. The number of aromatic nitrogens is 2. The van der Waals surface area contributed by atoms with Crippen LogP contribution in [0.25, 0.3) is 0 Å². The van der Waals surface area contributed by atoms with E-state index in [1.807, 2.05) is 19.1 Å². The lowest BCUT2D eigenvalue weighted by Gasteiger charge is -2.01. The van der Waals surface area contributed by atoms with Crippen LogP contribution < -0.4 is 5.32 Å². The van der Waals surface area contributed by atoms with Gasteiger partial charge in [0.1, 0.15) is 10.7 Å². The Morgan fingerprint density at radius 3 is 2.82 bits per heavy atom. The Kier molecular flexibility index (Phi) is 3.06. The molecule has 88 valence electrons. The number of aryl methyl sites for hydroxylation is 2. The van der Waals surface area contributed by atoms with Crippen LogP contribution in [-0.2, 0) is 0 Å². The number of aromatic carboxylic acids is 1. The second-order valence-electron chi connectivity index (χ2n) is 3.58. The van der Waals surface area contributed by atoms with E-state index >= 15 is 0 Å². The smallest absolute Gasteiger partial charge is 0.347 e. The summed E-state index contributed by atoms with van der Waals surface area (Å²) in [4.78, 5) is 19.4. The van der Waals surface area contributed by atoms with E-state index in [1.54, 1.807) is 13.1 Å². The zero-order valence-electron chi connectivity index (χ0n) is 9.39. The first-order chi connectivity index (χ1) is 8.06. The Balaban J connectivity index is 2.25. The molecule has 5 nitrogen and oxygen atoms in total. The Bertz CT molecular complexity index is 566. The van der Waals surface area contributed by atoms with Crippen molar-refractivity contribution >= 4 is 28.3 Å². The van der Waals surface area contributed by atoms with Crippen molar-refractivity contribution in [2.45, 2.75) is 13.8 Å². The Labute approximate surface area is 102 Å². The molecule has 17 heavy (non-hydrogen) atoms. The number of carboxylic acids is 1. The van der Waals surface area contributed by atoms with Gasteiger partial charge in [0.15, 0.2) is 5.13 Å². The van der Waals surface area contributed by atoms with Crippen molar-refractivity contribution < 1.29 is 9.90 Å². The molecule has 0 saturated carbocycles. The number of hydrogen-bond donors (Lipinski definition) is 2. The predicted octanol–water partition coefficient (Wildman–Crippen LogP) is 2.60. The number of pyridine rings is 1. The summed E-state index contributed by atoms with van der Waals surface area (Å²) in [6.45, 7) is 3.64. The van der Waals surface area contributed by atoms with E-state index < -0.39 is 5.97 Å². The van der Waals surface area contributed by atoms with Crippen molar-refractivity contribution in [2.24, 2.45) is 0 Å². The lowest BCUT2D eigenvalue weighted by atomic mass is 10.3. The van der Waals surface area contributed by atoms with Crippen LogP contribution in [-0.4, -0.2) is 21.0 Å². The van der Waals surface area contributed by atoms with Crippen LogP contribution >= 0.6 is 11.3 Å². The number of carboxylic acid groups (broad SMARTS) is 1. The van der Waals surface area contributed by atoms with Crippen molar-refractivity contribution in [3.05, 3.63) is 34.5 Å². The average Bonchev–Trinajstić information content (AvgIpc) is 2.59. The highest BCUT2D eigenvalue weighted by molar-refractivity contribution is 7.17. The second-order valence-corrected chi connectivity index (χ2v) is 4.58. The summed E-state index contributed by atoms with van der Waals surface area (Å²) in [5.74, 6) is -0.291. The number of rotatable bonds is 3. The molecule has 0 amide bonds. The number of hydrogen-bond acceptors (Lipinski definition) is 5. The van der Waals surface area contributed by atoms with Gasteiger partial charge >= 0.3 is 5.97 Å². The van der Waals surface area contributed by atoms with Gasteiger partial charge in [-0.15, -0.1) is 0 Å². The summed E-state index contributed by atoms with van der Waals surface area (Å²) < 4.78 is 0. The Hall–Kier alpha value is -1.95.